The first-order chi connectivity index (χ1) is 8.99. The Hall–Kier alpha value is -2.10. The molecule has 0 amide bonds. The van der Waals surface area contributed by atoms with Gasteiger partial charge in [-0.15, -0.1) is 0 Å². The Kier molecular flexibility index (Phi) is 3.69. The van der Waals surface area contributed by atoms with E-state index in [9.17, 15) is 4.79 Å². The maximum atomic E-state index is 12.5. The SMILES string of the molecule is Cc1nn(C)cc1C(=O)c1ccccc1OC(C)C. The van der Waals surface area contributed by atoms with E-state index in [1.54, 1.807) is 24.0 Å². The molecular weight excluding hydrogens is 240 g/mol. The maximum Gasteiger partial charge on any atom is 0.200 e. The third kappa shape index (κ3) is 2.84. The van der Waals surface area contributed by atoms with Gasteiger partial charge in [-0.1, -0.05) is 12.1 Å². The van der Waals surface area contributed by atoms with Crippen LogP contribution in [0.3, 0.4) is 0 Å². The molecule has 2 aromatic rings. The Labute approximate surface area is 113 Å². The first kappa shape index (κ1) is 13.3. The fourth-order valence-electron chi connectivity index (χ4n) is 1.98. The van der Waals surface area contributed by atoms with Crippen LogP contribution in [0, 0.1) is 6.92 Å². The zero-order valence-electron chi connectivity index (χ0n) is 11.7. The molecule has 0 radical (unpaired) electrons. The van der Waals surface area contributed by atoms with Crippen molar-refractivity contribution in [1.29, 1.82) is 0 Å². The van der Waals surface area contributed by atoms with Gasteiger partial charge in [0.15, 0.2) is 5.78 Å². The summed E-state index contributed by atoms with van der Waals surface area (Å²) in [6.45, 7) is 5.71. The molecule has 0 spiro atoms. The molecule has 1 aromatic heterocycles. The number of aryl methyl sites for hydroxylation is 2. The van der Waals surface area contributed by atoms with Crippen LogP contribution in [0.4, 0.5) is 0 Å². The molecule has 0 aliphatic heterocycles. The van der Waals surface area contributed by atoms with Crippen LogP contribution in [-0.2, 0) is 7.05 Å². The molecule has 0 fully saturated rings. The molecule has 4 heteroatoms. The molecule has 0 aliphatic rings. The Morgan fingerprint density at radius 2 is 1.95 bits per heavy atom. The van der Waals surface area contributed by atoms with Gasteiger partial charge in [-0.2, -0.15) is 5.10 Å². The number of para-hydroxylation sites is 1. The van der Waals surface area contributed by atoms with E-state index in [0.29, 0.717) is 16.9 Å². The van der Waals surface area contributed by atoms with E-state index in [-0.39, 0.29) is 11.9 Å². The van der Waals surface area contributed by atoms with Crippen molar-refractivity contribution >= 4 is 5.78 Å². The van der Waals surface area contributed by atoms with Crippen molar-refractivity contribution in [3.8, 4) is 5.75 Å². The first-order valence-electron chi connectivity index (χ1n) is 6.29. The first-order valence-corrected chi connectivity index (χ1v) is 6.29. The van der Waals surface area contributed by atoms with Gasteiger partial charge < -0.3 is 4.74 Å². The lowest BCUT2D eigenvalue weighted by Crippen LogP contribution is -2.10. The van der Waals surface area contributed by atoms with E-state index >= 15 is 0 Å². The summed E-state index contributed by atoms with van der Waals surface area (Å²) >= 11 is 0. The van der Waals surface area contributed by atoms with Gasteiger partial charge in [0, 0.05) is 13.2 Å². The fourth-order valence-corrected chi connectivity index (χ4v) is 1.98. The zero-order valence-corrected chi connectivity index (χ0v) is 11.7. The average Bonchev–Trinajstić information content (AvgIpc) is 2.67. The molecule has 4 nitrogen and oxygen atoms in total. The largest absolute Gasteiger partial charge is 0.490 e. The van der Waals surface area contributed by atoms with Gasteiger partial charge in [-0.05, 0) is 32.9 Å². The van der Waals surface area contributed by atoms with E-state index in [2.05, 4.69) is 5.10 Å². The smallest absolute Gasteiger partial charge is 0.200 e. The van der Waals surface area contributed by atoms with E-state index < -0.39 is 0 Å². The lowest BCUT2D eigenvalue weighted by Gasteiger charge is -2.13. The summed E-state index contributed by atoms with van der Waals surface area (Å²) in [5.74, 6) is 0.563. The number of ether oxygens (including phenoxy) is 1. The molecular formula is C15H18N2O2. The highest BCUT2D eigenvalue weighted by Gasteiger charge is 2.18. The quantitative estimate of drug-likeness (QED) is 0.792. The predicted molar refractivity (Wildman–Crippen MR) is 73.6 cm³/mol. The minimum absolute atomic E-state index is 0.0314. The van der Waals surface area contributed by atoms with Gasteiger partial charge in [-0.3, -0.25) is 9.48 Å². The number of ketones is 1. The molecule has 0 N–H and O–H groups in total. The van der Waals surface area contributed by atoms with Gasteiger partial charge in [0.25, 0.3) is 0 Å². The third-order valence-corrected chi connectivity index (χ3v) is 2.75. The Morgan fingerprint density at radius 3 is 2.53 bits per heavy atom. The molecule has 0 saturated heterocycles. The number of benzene rings is 1. The van der Waals surface area contributed by atoms with E-state index in [0.717, 1.165) is 5.69 Å². The predicted octanol–water partition coefficient (Wildman–Crippen LogP) is 2.75. The monoisotopic (exact) mass is 258 g/mol. The summed E-state index contributed by atoms with van der Waals surface area (Å²) in [6, 6.07) is 7.31. The number of carbonyl (C=O) groups excluding carboxylic acids is 1. The molecule has 0 saturated carbocycles. The Bertz CT molecular complexity index is 600. The normalized spacial score (nSPS) is 10.8. The summed E-state index contributed by atoms with van der Waals surface area (Å²) in [5.41, 5.74) is 1.92. The maximum absolute atomic E-state index is 12.5. The van der Waals surface area contributed by atoms with Crippen LogP contribution < -0.4 is 4.74 Å². The number of rotatable bonds is 4. The molecule has 19 heavy (non-hydrogen) atoms. The molecule has 0 unspecified atom stereocenters. The number of hydrogen-bond donors (Lipinski definition) is 0. The van der Waals surface area contributed by atoms with Crippen LogP contribution in [0.25, 0.3) is 0 Å². The van der Waals surface area contributed by atoms with Crippen LogP contribution >= 0.6 is 0 Å². The minimum atomic E-state index is -0.0538. The van der Waals surface area contributed by atoms with Crippen LogP contribution in [0.15, 0.2) is 30.5 Å². The molecule has 1 aromatic carbocycles. The topological polar surface area (TPSA) is 44.1 Å². The highest BCUT2D eigenvalue weighted by molar-refractivity contribution is 6.11. The number of carbonyl (C=O) groups is 1. The molecule has 0 aliphatic carbocycles. The van der Waals surface area contributed by atoms with Gasteiger partial charge in [0.05, 0.1) is 22.9 Å². The number of hydrogen-bond acceptors (Lipinski definition) is 3. The van der Waals surface area contributed by atoms with Crippen LogP contribution in [0.1, 0.15) is 35.5 Å². The second-order valence-corrected chi connectivity index (χ2v) is 4.79. The van der Waals surface area contributed by atoms with Crippen molar-refractivity contribution in [3.63, 3.8) is 0 Å². The van der Waals surface area contributed by atoms with Crippen LogP contribution in [-0.4, -0.2) is 21.7 Å². The second-order valence-electron chi connectivity index (χ2n) is 4.79. The van der Waals surface area contributed by atoms with Crippen molar-refractivity contribution in [2.24, 2.45) is 7.05 Å². The van der Waals surface area contributed by atoms with E-state index in [1.165, 1.54) is 0 Å². The standard InChI is InChI=1S/C15H18N2O2/c1-10(2)19-14-8-6-5-7-12(14)15(18)13-9-17(4)16-11(13)3/h5-10H,1-4H3. The average molecular weight is 258 g/mol. The summed E-state index contributed by atoms with van der Waals surface area (Å²) in [4.78, 5) is 12.5. The molecule has 0 atom stereocenters. The Balaban J connectivity index is 2.41. The van der Waals surface area contributed by atoms with Crippen LogP contribution in [0.5, 0.6) is 5.75 Å². The minimum Gasteiger partial charge on any atom is -0.490 e. The number of aromatic nitrogens is 2. The molecule has 0 bridgehead atoms. The third-order valence-electron chi connectivity index (χ3n) is 2.75. The molecule has 100 valence electrons. The summed E-state index contributed by atoms with van der Waals surface area (Å²) in [6.07, 6.45) is 1.77. The van der Waals surface area contributed by atoms with Crippen molar-refractivity contribution < 1.29 is 9.53 Å². The summed E-state index contributed by atoms with van der Waals surface area (Å²) < 4.78 is 7.33. The summed E-state index contributed by atoms with van der Waals surface area (Å²) in [7, 11) is 1.81. The van der Waals surface area contributed by atoms with Crippen molar-refractivity contribution in [2.45, 2.75) is 26.9 Å². The number of nitrogens with zero attached hydrogens (tertiary/aromatic N) is 2. The Morgan fingerprint density at radius 1 is 1.26 bits per heavy atom. The fraction of sp³-hybridized carbons (Fsp3) is 0.333. The van der Waals surface area contributed by atoms with E-state index in [4.69, 9.17) is 4.74 Å². The van der Waals surface area contributed by atoms with Gasteiger partial charge in [0.2, 0.25) is 0 Å². The highest BCUT2D eigenvalue weighted by atomic mass is 16.5. The van der Waals surface area contributed by atoms with Crippen molar-refractivity contribution in [1.82, 2.24) is 9.78 Å². The molecule has 1 heterocycles. The van der Waals surface area contributed by atoms with Crippen molar-refractivity contribution in [3.05, 3.63) is 47.3 Å². The zero-order chi connectivity index (χ0) is 14.0. The van der Waals surface area contributed by atoms with Crippen molar-refractivity contribution in [2.75, 3.05) is 0 Å². The highest BCUT2D eigenvalue weighted by Crippen LogP contribution is 2.23. The van der Waals surface area contributed by atoms with Gasteiger partial charge in [-0.25, -0.2) is 0 Å². The lowest BCUT2D eigenvalue weighted by molar-refractivity contribution is 0.103. The lowest BCUT2D eigenvalue weighted by atomic mass is 10.0. The summed E-state index contributed by atoms with van der Waals surface area (Å²) in [5, 5.41) is 4.20. The van der Waals surface area contributed by atoms with Gasteiger partial charge >= 0.3 is 0 Å². The molecule has 2 rings (SSSR count). The van der Waals surface area contributed by atoms with Crippen LogP contribution in [0.2, 0.25) is 0 Å². The second kappa shape index (κ2) is 5.26. The van der Waals surface area contributed by atoms with Gasteiger partial charge in [0.1, 0.15) is 5.75 Å². The van der Waals surface area contributed by atoms with E-state index in [1.807, 2.05) is 39.0 Å².